The quantitative estimate of drug-likeness (QED) is 0.714. The van der Waals surface area contributed by atoms with E-state index in [1.165, 1.54) is 0 Å². The zero-order chi connectivity index (χ0) is 11.4. The van der Waals surface area contributed by atoms with Crippen LogP contribution in [-0.4, -0.2) is 47.8 Å². The third kappa shape index (κ3) is 4.01. The second-order valence-electron chi connectivity index (χ2n) is 4.17. The Hall–Kier alpha value is -0.870. The molecule has 0 radical (unpaired) electrons. The number of hydrogen-bond donors (Lipinski definition) is 1. The number of carboxylic acid groups (broad SMARTS) is 1. The highest BCUT2D eigenvalue weighted by Crippen LogP contribution is 2.10. The van der Waals surface area contributed by atoms with Crippen LogP contribution in [0.15, 0.2) is 11.6 Å². The first-order valence-electron chi connectivity index (χ1n) is 5.27. The zero-order valence-corrected chi connectivity index (χ0v) is 9.56. The van der Waals surface area contributed by atoms with Crippen LogP contribution in [0.3, 0.4) is 0 Å². The van der Waals surface area contributed by atoms with E-state index >= 15 is 0 Å². The maximum Gasteiger partial charge on any atom is 0.330 e. The molecule has 0 aromatic heterocycles. The van der Waals surface area contributed by atoms with E-state index in [0.29, 0.717) is 12.1 Å². The fourth-order valence-electron chi connectivity index (χ4n) is 1.79. The summed E-state index contributed by atoms with van der Waals surface area (Å²) in [6.45, 7) is 8.13. The van der Waals surface area contributed by atoms with E-state index in [1.807, 2.05) is 13.8 Å². The summed E-state index contributed by atoms with van der Waals surface area (Å²) < 4.78 is 5.59. The van der Waals surface area contributed by atoms with Gasteiger partial charge in [0.1, 0.15) is 0 Å². The summed E-state index contributed by atoms with van der Waals surface area (Å²) in [7, 11) is 0. The van der Waals surface area contributed by atoms with Gasteiger partial charge in [-0.2, -0.15) is 0 Å². The first kappa shape index (κ1) is 12.2. The molecule has 4 nitrogen and oxygen atoms in total. The summed E-state index contributed by atoms with van der Waals surface area (Å²) in [6, 6.07) is 0. The van der Waals surface area contributed by atoms with E-state index in [0.717, 1.165) is 13.1 Å². The van der Waals surface area contributed by atoms with Gasteiger partial charge < -0.3 is 9.84 Å². The topological polar surface area (TPSA) is 49.8 Å². The standard InChI is InChI=1S/C11H19NO3/c1-8(11(13)14)4-5-12-6-9(2)15-10(3)7-12/h4,9-10H,5-7H2,1-3H3,(H,13,14). The number of nitrogens with zero attached hydrogens (tertiary/aromatic N) is 1. The number of carbonyl (C=O) groups is 1. The monoisotopic (exact) mass is 213 g/mol. The first-order valence-corrected chi connectivity index (χ1v) is 5.27. The molecular weight excluding hydrogens is 194 g/mol. The van der Waals surface area contributed by atoms with Crippen LogP contribution in [-0.2, 0) is 9.53 Å². The van der Waals surface area contributed by atoms with E-state index in [1.54, 1.807) is 13.0 Å². The second-order valence-corrected chi connectivity index (χ2v) is 4.17. The number of aliphatic carboxylic acids is 1. The predicted molar refractivity (Wildman–Crippen MR) is 57.8 cm³/mol. The van der Waals surface area contributed by atoms with Crippen molar-refractivity contribution in [3.63, 3.8) is 0 Å². The number of rotatable bonds is 3. The van der Waals surface area contributed by atoms with Crippen LogP contribution >= 0.6 is 0 Å². The predicted octanol–water partition coefficient (Wildman–Crippen LogP) is 1.13. The van der Waals surface area contributed by atoms with Crippen LogP contribution in [0.1, 0.15) is 20.8 Å². The van der Waals surface area contributed by atoms with Gasteiger partial charge >= 0.3 is 5.97 Å². The second kappa shape index (κ2) is 5.28. The van der Waals surface area contributed by atoms with Gasteiger partial charge in [0.2, 0.25) is 0 Å². The average Bonchev–Trinajstić information content (AvgIpc) is 2.12. The van der Waals surface area contributed by atoms with Crippen LogP contribution in [0.2, 0.25) is 0 Å². The lowest BCUT2D eigenvalue weighted by Gasteiger charge is -2.34. The normalized spacial score (nSPS) is 29.1. The molecular formula is C11H19NO3. The number of morpholine rings is 1. The van der Waals surface area contributed by atoms with E-state index in [2.05, 4.69) is 4.90 Å². The molecule has 4 heteroatoms. The van der Waals surface area contributed by atoms with Crippen molar-refractivity contribution in [2.24, 2.45) is 0 Å². The van der Waals surface area contributed by atoms with Gasteiger partial charge in [0.25, 0.3) is 0 Å². The van der Waals surface area contributed by atoms with Gasteiger partial charge in [0.15, 0.2) is 0 Å². The molecule has 86 valence electrons. The summed E-state index contributed by atoms with van der Waals surface area (Å²) >= 11 is 0. The minimum absolute atomic E-state index is 0.229. The molecule has 1 N–H and O–H groups in total. The minimum Gasteiger partial charge on any atom is -0.478 e. The Kier molecular flexibility index (Phi) is 4.29. The summed E-state index contributed by atoms with van der Waals surface area (Å²) in [4.78, 5) is 12.8. The zero-order valence-electron chi connectivity index (χ0n) is 9.56. The smallest absolute Gasteiger partial charge is 0.330 e. The minimum atomic E-state index is -0.843. The Morgan fingerprint density at radius 2 is 2.00 bits per heavy atom. The van der Waals surface area contributed by atoms with E-state index in [-0.39, 0.29) is 12.2 Å². The fourth-order valence-corrected chi connectivity index (χ4v) is 1.79. The van der Waals surface area contributed by atoms with Gasteiger partial charge in [-0.15, -0.1) is 0 Å². The molecule has 1 saturated heterocycles. The molecule has 1 fully saturated rings. The maximum absolute atomic E-state index is 10.6. The van der Waals surface area contributed by atoms with Crippen LogP contribution in [0.4, 0.5) is 0 Å². The lowest BCUT2D eigenvalue weighted by atomic mass is 10.2. The van der Waals surface area contributed by atoms with Crippen molar-refractivity contribution in [3.05, 3.63) is 11.6 Å². The Labute approximate surface area is 90.5 Å². The summed E-state index contributed by atoms with van der Waals surface area (Å²) in [6.07, 6.45) is 2.21. The third-order valence-electron chi connectivity index (χ3n) is 2.49. The SMILES string of the molecule is CC(=CCN1CC(C)OC(C)C1)C(=O)O. The first-order chi connectivity index (χ1) is 6.99. The molecule has 0 aliphatic carbocycles. The molecule has 2 unspecified atom stereocenters. The highest BCUT2D eigenvalue weighted by Gasteiger charge is 2.21. The van der Waals surface area contributed by atoms with Gasteiger partial charge in [-0.05, 0) is 20.8 Å². The lowest BCUT2D eigenvalue weighted by molar-refractivity contribution is -0.132. The largest absolute Gasteiger partial charge is 0.478 e. The highest BCUT2D eigenvalue weighted by atomic mass is 16.5. The fraction of sp³-hybridized carbons (Fsp3) is 0.727. The van der Waals surface area contributed by atoms with Crippen LogP contribution in [0.25, 0.3) is 0 Å². The molecule has 1 aliphatic heterocycles. The van der Waals surface area contributed by atoms with Crippen molar-refractivity contribution in [3.8, 4) is 0 Å². The summed E-state index contributed by atoms with van der Waals surface area (Å²) in [5.41, 5.74) is 0.404. The van der Waals surface area contributed by atoms with Crippen molar-refractivity contribution in [2.75, 3.05) is 19.6 Å². The Morgan fingerprint density at radius 3 is 2.47 bits per heavy atom. The molecule has 0 amide bonds. The van der Waals surface area contributed by atoms with Gasteiger partial charge in [0.05, 0.1) is 12.2 Å². The maximum atomic E-state index is 10.6. The van der Waals surface area contributed by atoms with Crippen LogP contribution < -0.4 is 0 Å². The molecule has 0 bridgehead atoms. The highest BCUT2D eigenvalue weighted by molar-refractivity contribution is 5.85. The molecule has 1 aliphatic rings. The van der Waals surface area contributed by atoms with Crippen molar-refractivity contribution >= 4 is 5.97 Å². The molecule has 0 aromatic carbocycles. The molecule has 1 heterocycles. The van der Waals surface area contributed by atoms with Gasteiger partial charge in [-0.25, -0.2) is 4.79 Å². The van der Waals surface area contributed by atoms with Gasteiger partial charge in [0, 0.05) is 25.2 Å². The number of carboxylic acids is 1. The van der Waals surface area contributed by atoms with Gasteiger partial charge in [-0.3, -0.25) is 4.90 Å². The van der Waals surface area contributed by atoms with Crippen molar-refractivity contribution in [1.82, 2.24) is 4.90 Å². The lowest BCUT2D eigenvalue weighted by Crippen LogP contribution is -2.45. The van der Waals surface area contributed by atoms with E-state index in [9.17, 15) is 4.79 Å². The number of hydrogen-bond acceptors (Lipinski definition) is 3. The van der Waals surface area contributed by atoms with Crippen molar-refractivity contribution < 1.29 is 14.6 Å². The van der Waals surface area contributed by atoms with E-state index < -0.39 is 5.97 Å². The van der Waals surface area contributed by atoms with Gasteiger partial charge in [-0.1, -0.05) is 6.08 Å². The van der Waals surface area contributed by atoms with Crippen molar-refractivity contribution in [1.29, 1.82) is 0 Å². The number of ether oxygens (including phenoxy) is 1. The third-order valence-corrected chi connectivity index (χ3v) is 2.49. The molecule has 2 atom stereocenters. The Bertz CT molecular complexity index is 253. The van der Waals surface area contributed by atoms with Crippen molar-refractivity contribution in [2.45, 2.75) is 33.0 Å². The van der Waals surface area contributed by atoms with Crippen LogP contribution in [0, 0.1) is 0 Å². The molecule has 0 aromatic rings. The Balaban J connectivity index is 2.45. The average molecular weight is 213 g/mol. The summed E-state index contributed by atoms with van der Waals surface area (Å²) in [5, 5.41) is 8.70. The van der Waals surface area contributed by atoms with Crippen LogP contribution in [0.5, 0.6) is 0 Å². The Morgan fingerprint density at radius 1 is 1.47 bits per heavy atom. The van der Waals surface area contributed by atoms with E-state index in [4.69, 9.17) is 9.84 Å². The summed E-state index contributed by atoms with van der Waals surface area (Å²) in [5.74, 6) is -0.843. The molecule has 1 rings (SSSR count). The molecule has 0 saturated carbocycles. The molecule has 0 spiro atoms. The molecule has 15 heavy (non-hydrogen) atoms.